The van der Waals surface area contributed by atoms with Gasteiger partial charge in [0.25, 0.3) is 0 Å². The van der Waals surface area contributed by atoms with Gasteiger partial charge in [0.15, 0.2) is 0 Å². The summed E-state index contributed by atoms with van der Waals surface area (Å²) in [5, 5.41) is 23.9. The molecule has 0 rings (SSSR count). The van der Waals surface area contributed by atoms with E-state index < -0.39 is 38.6 Å². The van der Waals surface area contributed by atoms with Crippen molar-refractivity contribution in [3.63, 3.8) is 0 Å². The lowest BCUT2D eigenvalue weighted by Gasteiger charge is -2.24. The molecule has 0 aromatic rings. The summed E-state index contributed by atoms with van der Waals surface area (Å²) in [4.78, 5) is 22.7. The zero-order valence-corrected chi connectivity index (χ0v) is 34.3. The molecule has 0 aliphatic carbocycles. The van der Waals surface area contributed by atoms with Crippen LogP contribution in [-0.4, -0.2) is 59.0 Å². The summed E-state index contributed by atoms with van der Waals surface area (Å²) in [6.07, 6.45) is 41.1. The molecule has 4 unspecified atom stereocenters. The maximum absolute atomic E-state index is 12.8. The van der Waals surface area contributed by atoms with E-state index in [1.807, 2.05) is 6.08 Å². The van der Waals surface area contributed by atoms with E-state index in [0.29, 0.717) is 12.8 Å². The summed E-state index contributed by atoms with van der Waals surface area (Å²) in [6, 6.07) is -1.00. The molecule has 10 heteroatoms. The summed E-state index contributed by atoms with van der Waals surface area (Å²) in [5.74, 6) is -0.461. The second kappa shape index (κ2) is 38.0. The lowest BCUT2D eigenvalue weighted by molar-refractivity contribution is -0.124. The number of nitrogens with one attached hydrogen (secondary N) is 1. The number of carbonyl (C=O) groups is 1. The van der Waals surface area contributed by atoms with Gasteiger partial charge in [-0.3, -0.25) is 13.8 Å². The van der Waals surface area contributed by atoms with Crippen LogP contribution in [0.5, 0.6) is 0 Å². The predicted molar refractivity (Wildman–Crippen MR) is 218 cm³/mol. The number of phosphoric acid groups is 1. The fourth-order valence-corrected chi connectivity index (χ4v) is 6.86. The summed E-state index contributed by atoms with van der Waals surface area (Å²) < 4.78 is 22.0. The topological polar surface area (TPSA) is 151 Å². The number of nitrogens with two attached hydrogens (primary N) is 1. The molecule has 0 aliphatic rings. The zero-order valence-electron chi connectivity index (χ0n) is 33.4. The van der Waals surface area contributed by atoms with Gasteiger partial charge in [0.05, 0.1) is 37.9 Å². The third-order valence-electron chi connectivity index (χ3n) is 9.26. The number of allylic oxidation sites excluding steroid dienone is 5. The van der Waals surface area contributed by atoms with Crippen LogP contribution in [0.3, 0.4) is 0 Å². The van der Waals surface area contributed by atoms with E-state index in [9.17, 15) is 24.5 Å². The van der Waals surface area contributed by atoms with E-state index in [1.165, 1.54) is 109 Å². The van der Waals surface area contributed by atoms with Crippen LogP contribution in [0.2, 0.25) is 0 Å². The molecule has 0 saturated heterocycles. The number of hydrogen-bond donors (Lipinski definition) is 5. The minimum Gasteiger partial charge on any atom is -0.393 e. The SMILES string of the molecule is CC/C=C/CC/C=C/CC/C=C/C(O)C(COP(=O)(O)OCCN)NC(=O)CC(O)CCCCCCCCCCCCCCCCCCCCCC. The number of phosphoric ester groups is 1. The van der Waals surface area contributed by atoms with E-state index in [4.69, 9.17) is 14.8 Å². The van der Waals surface area contributed by atoms with Gasteiger partial charge in [-0.15, -0.1) is 0 Å². The van der Waals surface area contributed by atoms with Crippen molar-refractivity contribution in [1.82, 2.24) is 5.32 Å². The molecule has 0 aromatic carbocycles. The first-order chi connectivity index (χ1) is 25.3. The maximum Gasteiger partial charge on any atom is 0.472 e. The van der Waals surface area contributed by atoms with Crippen LogP contribution in [-0.2, 0) is 18.4 Å². The molecule has 0 aliphatic heterocycles. The van der Waals surface area contributed by atoms with Crippen LogP contribution in [0, 0.1) is 0 Å². The molecular formula is C42H81N2O7P. The Morgan fingerprint density at radius 3 is 1.58 bits per heavy atom. The van der Waals surface area contributed by atoms with Crippen molar-refractivity contribution in [2.45, 2.75) is 205 Å². The molecule has 4 atom stereocenters. The van der Waals surface area contributed by atoms with Gasteiger partial charge in [-0.2, -0.15) is 0 Å². The molecule has 52 heavy (non-hydrogen) atoms. The number of aliphatic hydroxyl groups excluding tert-OH is 2. The van der Waals surface area contributed by atoms with Crippen molar-refractivity contribution in [3.8, 4) is 0 Å². The van der Waals surface area contributed by atoms with E-state index in [-0.39, 0.29) is 19.6 Å². The van der Waals surface area contributed by atoms with Gasteiger partial charge in [0, 0.05) is 6.54 Å². The molecule has 0 aromatic heterocycles. The summed E-state index contributed by atoms with van der Waals surface area (Å²) in [6.45, 7) is 3.82. The van der Waals surface area contributed by atoms with E-state index >= 15 is 0 Å². The monoisotopic (exact) mass is 757 g/mol. The van der Waals surface area contributed by atoms with Gasteiger partial charge >= 0.3 is 7.82 Å². The fourth-order valence-electron chi connectivity index (χ4n) is 6.10. The second-order valence-electron chi connectivity index (χ2n) is 14.3. The minimum atomic E-state index is -4.40. The Labute approximate surface area is 319 Å². The largest absolute Gasteiger partial charge is 0.472 e. The lowest BCUT2D eigenvalue weighted by atomic mass is 10.0. The molecule has 0 bridgehead atoms. The van der Waals surface area contributed by atoms with Gasteiger partial charge in [-0.05, 0) is 38.5 Å². The Balaban J connectivity index is 4.20. The number of amides is 1. The fraction of sp³-hybridized carbons (Fsp3) is 0.833. The van der Waals surface area contributed by atoms with Gasteiger partial charge in [0.1, 0.15) is 0 Å². The zero-order chi connectivity index (χ0) is 38.4. The standard InChI is InChI=1S/C42H81N2O7P/c1-3-5-7-9-11-13-15-16-17-18-19-20-21-22-23-24-25-27-29-31-33-39(45)37-42(47)44-40(38-51-52(48,49)50-36-35-43)41(46)34-32-30-28-26-14-12-10-8-6-4-2/h6,8,14,26,32,34,39-41,45-46H,3-5,7,9-13,15-25,27-31,33,35-38,43H2,1-2H3,(H,44,47)(H,48,49)/b8-6+,26-14+,34-32+. The lowest BCUT2D eigenvalue weighted by Crippen LogP contribution is -2.46. The molecular weight excluding hydrogens is 675 g/mol. The smallest absolute Gasteiger partial charge is 0.393 e. The van der Waals surface area contributed by atoms with Crippen molar-refractivity contribution in [2.24, 2.45) is 5.73 Å². The summed E-state index contributed by atoms with van der Waals surface area (Å²) in [7, 11) is -4.40. The Bertz CT molecular complexity index is 930. The number of carbonyl (C=O) groups excluding carboxylic acids is 1. The predicted octanol–water partition coefficient (Wildman–Crippen LogP) is 10.5. The Hall–Kier alpha value is -1.32. The van der Waals surface area contributed by atoms with Gasteiger partial charge in [-0.1, -0.05) is 179 Å². The van der Waals surface area contributed by atoms with Crippen LogP contribution in [0.1, 0.15) is 187 Å². The minimum absolute atomic E-state index is 0.0424. The Kier molecular flexibility index (Phi) is 37.0. The number of rotatable bonds is 39. The third-order valence-corrected chi connectivity index (χ3v) is 10.2. The quantitative estimate of drug-likeness (QED) is 0.0236. The number of aliphatic hydroxyl groups is 2. The molecule has 306 valence electrons. The third kappa shape index (κ3) is 35.7. The molecule has 0 radical (unpaired) electrons. The van der Waals surface area contributed by atoms with Crippen LogP contribution < -0.4 is 11.1 Å². The van der Waals surface area contributed by atoms with Crippen LogP contribution in [0.4, 0.5) is 0 Å². The van der Waals surface area contributed by atoms with Crippen molar-refractivity contribution < 1.29 is 33.5 Å². The Morgan fingerprint density at radius 1 is 0.673 bits per heavy atom. The van der Waals surface area contributed by atoms with Crippen molar-refractivity contribution in [1.29, 1.82) is 0 Å². The van der Waals surface area contributed by atoms with Crippen LogP contribution >= 0.6 is 7.82 Å². The highest BCUT2D eigenvalue weighted by molar-refractivity contribution is 7.47. The average molecular weight is 757 g/mol. The maximum atomic E-state index is 12.8. The highest BCUT2D eigenvalue weighted by Crippen LogP contribution is 2.43. The van der Waals surface area contributed by atoms with Crippen LogP contribution in [0.25, 0.3) is 0 Å². The highest BCUT2D eigenvalue weighted by atomic mass is 31.2. The molecule has 0 fully saturated rings. The molecule has 9 nitrogen and oxygen atoms in total. The summed E-state index contributed by atoms with van der Waals surface area (Å²) in [5.41, 5.74) is 5.34. The number of unbranched alkanes of at least 4 members (excludes halogenated alkanes) is 21. The van der Waals surface area contributed by atoms with E-state index in [0.717, 1.165) is 44.9 Å². The first-order valence-corrected chi connectivity index (χ1v) is 22.7. The molecule has 0 spiro atoms. The normalized spacial score (nSPS) is 15.1. The summed E-state index contributed by atoms with van der Waals surface area (Å²) >= 11 is 0. The van der Waals surface area contributed by atoms with Gasteiger partial charge in [0.2, 0.25) is 5.91 Å². The second-order valence-corrected chi connectivity index (χ2v) is 15.8. The Morgan fingerprint density at radius 2 is 1.12 bits per heavy atom. The average Bonchev–Trinajstić information content (AvgIpc) is 3.12. The first-order valence-electron chi connectivity index (χ1n) is 21.2. The van der Waals surface area contributed by atoms with Crippen molar-refractivity contribution >= 4 is 13.7 Å². The highest BCUT2D eigenvalue weighted by Gasteiger charge is 2.27. The van der Waals surface area contributed by atoms with Crippen LogP contribution in [0.15, 0.2) is 36.5 Å². The molecule has 6 N–H and O–H groups in total. The number of hydrogen-bond acceptors (Lipinski definition) is 7. The van der Waals surface area contributed by atoms with Gasteiger partial charge < -0.3 is 26.2 Å². The van der Waals surface area contributed by atoms with Crippen molar-refractivity contribution in [3.05, 3.63) is 36.5 Å². The molecule has 0 heterocycles. The molecule has 1 amide bonds. The van der Waals surface area contributed by atoms with Crippen molar-refractivity contribution in [2.75, 3.05) is 19.8 Å². The van der Waals surface area contributed by atoms with E-state index in [2.05, 4.69) is 43.5 Å². The van der Waals surface area contributed by atoms with E-state index in [1.54, 1.807) is 6.08 Å². The van der Waals surface area contributed by atoms with Gasteiger partial charge in [-0.25, -0.2) is 4.57 Å². The first kappa shape index (κ1) is 50.7. The molecule has 0 saturated carbocycles.